The normalized spacial score (nSPS) is 10.3. The Balaban J connectivity index is 2.23. The minimum absolute atomic E-state index is 0.0217. The number of carbonyl (C=O) groups is 1. The van der Waals surface area contributed by atoms with Crippen molar-refractivity contribution in [1.29, 1.82) is 0 Å². The van der Waals surface area contributed by atoms with Crippen LogP contribution in [0.25, 0.3) is 0 Å². The van der Waals surface area contributed by atoms with E-state index in [2.05, 4.69) is 5.32 Å². The second kappa shape index (κ2) is 5.51. The number of halogens is 2. The van der Waals surface area contributed by atoms with Gasteiger partial charge < -0.3 is 10.4 Å². The maximum absolute atomic E-state index is 12.0. The molecule has 0 aliphatic carbocycles. The fraction of sp³-hybridized carbons (Fsp3) is 0.0714. The van der Waals surface area contributed by atoms with E-state index in [-0.39, 0.29) is 11.7 Å². The van der Waals surface area contributed by atoms with Gasteiger partial charge in [0.2, 0.25) is 0 Å². The second-order valence-electron chi connectivity index (χ2n) is 4.10. The van der Waals surface area contributed by atoms with E-state index in [9.17, 15) is 9.90 Å². The van der Waals surface area contributed by atoms with Crippen LogP contribution in [0.2, 0.25) is 10.0 Å². The Morgan fingerprint density at radius 3 is 2.47 bits per heavy atom. The van der Waals surface area contributed by atoms with Crippen LogP contribution >= 0.6 is 23.2 Å². The average Bonchev–Trinajstić information content (AvgIpc) is 2.36. The number of aromatic hydroxyl groups is 1. The fourth-order valence-electron chi connectivity index (χ4n) is 1.58. The van der Waals surface area contributed by atoms with Gasteiger partial charge in [0.25, 0.3) is 5.91 Å². The number of hydrogen-bond donors (Lipinski definition) is 2. The van der Waals surface area contributed by atoms with Gasteiger partial charge in [-0.05, 0) is 42.8 Å². The van der Waals surface area contributed by atoms with E-state index in [1.54, 1.807) is 30.3 Å². The number of carbonyl (C=O) groups excluding carboxylic acids is 1. The first-order valence-electron chi connectivity index (χ1n) is 5.53. The molecule has 3 nitrogen and oxygen atoms in total. The molecule has 98 valence electrons. The largest absolute Gasteiger partial charge is 0.506 e. The lowest BCUT2D eigenvalue weighted by atomic mass is 10.2. The van der Waals surface area contributed by atoms with Crippen LogP contribution in [-0.4, -0.2) is 11.0 Å². The standard InChI is InChI=1S/C14H11Cl2NO2/c1-8-2-5-12(13(18)6-8)17-14(19)9-3-4-10(15)11(16)7-9/h2-7,18H,1H3,(H,17,19). The molecule has 2 aromatic rings. The van der Waals surface area contributed by atoms with Crippen molar-refractivity contribution < 1.29 is 9.90 Å². The molecule has 0 fully saturated rings. The highest BCUT2D eigenvalue weighted by Gasteiger charge is 2.10. The van der Waals surface area contributed by atoms with Crippen LogP contribution in [-0.2, 0) is 0 Å². The third kappa shape index (κ3) is 3.19. The van der Waals surface area contributed by atoms with E-state index < -0.39 is 0 Å². The summed E-state index contributed by atoms with van der Waals surface area (Å²) >= 11 is 11.6. The van der Waals surface area contributed by atoms with Gasteiger partial charge in [0, 0.05) is 5.56 Å². The van der Waals surface area contributed by atoms with Crippen molar-refractivity contribution in [2.75, 3.05) is 5.32 Å². The molecule has 0 aliphatic rings. The lowest BCUT2D eigenvalue weighted by molar-refractivity contribution is 0.102. The molecule has 2 N–H and O–H groups in total. The molecule has 0 radical (unpaired) electrons. The maximum atomic E-state index is 12.0. The zero-order valence-corrected chi connectivity index (χ0v) is 11.6. The van der Waals surface area contributed by atoms with Gasteiger partial charge in [-0.1, -0.05) is 29.3 Å². The first-order chi connectivity index (χ1) is 8.97. The second-order valence-corrected chi connectivity index (χ2v) is 4.92. The van der Waals surface area contributed by atoms with E-state index in [1.807, 2.05) is 6.92 Å². The number of aryl methyl sites for hydroxylation is 1. The Hall–Kier alpha value is -1.71. The van der Waals surface area contributed by atoms with Crippen LogP contribution in [0.15, 0.2) is 36.4 Å². The molecule has 0 heterocycles. The summed E-state index contributed by atoms with van der Waals surface area (Å²) in [6, 6.07) is 9.60. The van der Waals surface area contributed by atoms with E-state index in [0.717, 1.165) is 5.56 Å². The van der Waals surface area contributed by atoms with Crippen molar-refractivity contribution in [3.05, 3.63) is 57.6 Å². The Kier molecular flexibility index (Phi) is 3.98. The average molecular weight is 296 g/mol. The Morgan fingerprint density at radius 1 is 1.11 bits per heavy atom. The van der Waals surface area contributed by atoms with Crippen LogP contribution < -0.4 is 5.32 Å². The third-order valence-corrected chi connectivity index (χ3v) is 3.32. The summed E-state index contributed by atoms with van der Waals surface area (Å²) in [6.07, 6.45) is 0. The molecule has 5 heteroatoms. The van der Waals surface area contributed by atoms with Gasteiger partial charge >= 0.3 is 0 Å². The number of rotatable bonds is 2. The Labute approximate surface area is 120 Å². The topological polar surface area (TPSA) is 49.3 Å². The van der Waals surface area contributed by atoms with Gasteiger partial charge in [-0.3, -0.25) is 4.79 Å². The predicted molar refractivity (Wildman–Crippen MR) is 77.3 cm³/mol. The molecule has 0 unspecified atom stereocenters. The number of hydrogen-bond acceptors (Lipinski definition) is 2. The number of amides is 1. The van der Waals surface area contributed by atoms with Crippen LogP contribution in [0.5, 0.6) is 5.75 Å². The molecule has 0 atom stereocenters. The quantitative estimate of drug-likeness (QED) is 0.813. The molecular formula is C14H11Cl2NO2. The fourth-order valence-corrected chi connectivity index (χ4v) is 1.88. The van der Waals surface area contributed by atoms with Crippen molar-refractivity contribution in [3.63, 3.8) is 0 Å². The van der Waals surface area contributed by atoms with Crippen molar-refractivity contribution >= 4 is 34.8 Å². The monoisotopic (exact) mass is 295 g/mol. The predicted octanol–water partition coefficient (Wildman–Crippen LogP) is 4.26. The minimum Gasteiger partial charge on any atom is -0.506 e. The van der Waals surface area contributed by atoms with E-state index in [0.29, 0.717) is 21.3 Å². The summed E-state index contributed by atoms with van der Waals surface area (Å²) in [5, 5.41) is 13.0. The molecule has 2 aromatic carbocycles. The third-order valence-electron chi connectivity index (χ3n) is 2.58. The van der Waals surface area contributed by atoms with E-state index >= 15 is 0 Å². The van der Waals surface area contributed by atoms with Gasteiger partial charge in [-0.2, -0.15) is 0 Å². The zero-order valence-electron chi connectivity index (χ0n) is 10.1. The summed E-state index contributed by atoms with van der Waals surface area (Å²) in [4.78, 5) is 12.0. The van der Waals surface area contributed by atoms with E-state index in [1.165, 1.54) is 6.07 Å². The smallest absolute Gasteiger partial charge is 0.255 e. The molecule has 1 amide bonds. The van der Waals surface area contributed by atoms with E-state index in [4.69, 9.17) is 23.2 Å². The molecule has 0 saturated heterocycles. The van der Waals surface area contributed by atoms with Crippen molar-refractivity contribution in [3.8, 4) is 5.75 Å². The van der Waals surface area contributed by atoms with Gasteiger partial charge in [0.1, 0.15) is 5.75 Å². The number of phenolic OH excluding ortho intramolecular Hbond substituents is 1. The Morgan fingerprint density at radius 2 is 1.84 bits per heavy atom. The summed E-state index contributed by atoms with van der Waals surface area (Å²) < 4.78 is 0. The van der Waals surface area contributed by atoms with Crippen LogP contribution in [0, 0.1) is 6.92 Å². The van der Waals surface area contributed by atoms with Crippen LogP contribution in [0.4, 0.5) is 5.69 Å². The summed E-state index contributed by atoms with van der Waals surface area (Å²) in [7, 11) is 0. The van der Waals surface area contributed by atoms with Gasteiger partial charge in [0.15, 0.2) is 0 Å². The molecule has 2 rings (SSSR count). The Bertz CT molecular complexity index is 641. The van der Waals surface area contributed by atoms with Gasteiger partial charge in [-0.15, -0.1) is 0 Å². The molecule has 19 heavy (non-hydrogen) atoms. The number of nitrogens with one attached hydrogen (secondary N) is 1. The molecular weight excluding hydrogens is 285 g/mol. The molecule has 0 bridgehead atoms. The highest BCUT2D eigenvalue weighted by atomic mass is 35.5. The van der Waals surface area contributed by atoms with Crippen molar-refractivity contribution in [2.24, 2.45) is 0 Å². The summed E-state index contributed by atoms with van der Waals surface area (Å²) in [5.41, 5.74) is 1.63. The van der Waals surface area contributed by atoms with Crippen molar-refractivity contribution in [1.82, 2.24) is 0 Å². The lowest BCUT2D eigenvalue weighted by Crippen LogP contribution is -2.11. The SMILES string of the molecule is Cc1ccc(NC(=O)c2ccc(Cl)c(Cl)c2)c(O)c1. The lowest BCUT2D eigenvalue weighted by Gasteiger charge is -2.08. The number of benzene rings is 2. The minimum atomic E-state index is -0.363. The summed E-state index contributed by atoms with van der Waals surface area (Å²) in [6.45, 7) is 1.85. The van der Waals surface area contributed by atoms with Crippen molar-refractivity contribution in [2.45, 2.75) is 6.92 Å². The van der Waals surface area contributed by atoms with Gasteiger partial charge in [0.05, 0.1) is 15.7 Å². The molecule has 0 spiro atoms. The van der Waals surface area contributed by atoms with Crippen LogP contribution in [0.3, 0.4) is 0 Å². The zero-order chi connectivity index (χ0) is 14.0. The number of anilines is 1. The number of phenols is 1. The highest BCUT2D eigenvalue weighted by Crippen LogP contribution is 2.26. The summed E-state index contributed by atoms with van der Waals surface area (Å²) in [5.74, 6) is -0.342. The van der Waals surface area contributed by atoms with Crippen LogP contribution in [0.1, 0.15) is 15.9 Å². The highest BCUT2D eigenvalue weighted by molar-refractivity contribution is 6.42. The first-order valence-corrected chi connectivity index (χ1v) is 6.29. The maximum Gasteiger partial charge on any atom is 0.255 e. The van der Waals surface area contributed by atoms with Gasteiger partial charge in [-0.25, -0.2) is 0 Å². The first kappa shape index (κ1) is 13.7. The molecule has 0 aromatic heterocycles. The molecule has 0 saturated carbocycles. The molecule has 0 aliphatic heterocycles.